The highest BCUT2D eigenvalue weighted by molar-refractivity contribution is 7.09. The number of hydrogen-bond donors (Lipinski definition) is 1. The second-order valence-corrected chi connectivity index (χ2v) is 4.91. The van der Waals surface area contributed by atoms with E-state index in [0.717, 1.165) is 4.88 Å². The van der Waals surface area contributed by atoms with Crippen LogP contribution in [0.3, 0.4) is 0 Å². The van der Waals surface area contributed by atoms with E-state index >= 15 is 0 Å². The molecular formula is C13H14F2N2OS. The predicted molar refractivity (Wildman–Crippen MR) is 70.4 cm³/mol. The molecule has 1 aromatic heterocycles. The lowest BCUT2D eigenvalue weighted by molar-refractivity contribution is -0.0505. The van der Waals surface area contributed by atoms with Crippen molar-refractivity contribution < 1.29 is 13.5 Å². The van der Waals surface area contributed by atoms with Crippen molar-refractivity contribution in [2.45, 2.75) is 26.1 Å². The van der Waals surface area contributed by atoms with Gasteiger partial charge in [0, 0.05) is 29.2 Å². The van der Waals surface area contributed by atoms with Gasteiger partial charge in [-0.15, -0.1) is 11.3 Å². The second-order valence-electron chi connectivity index (χ2n) is 3.99. The number of rotatable bonds is 6. The van der Waals surface area contributed by atoms with Gasteiger partial charge >= 0.3 is 6.61 Å². The summed E-state index contributed by atoms with van der Waals surface area (Å²) in [6.07, 6.45) is 1.80. The molecule has 102 valence electrons. The third-order valence-corrected chi connectivity index (χ3v) is 3.62. The number of aromatic nitrogens is 1. The second kappa shape index (κ2) is 6.58. The van der Waals surface area contributed by atoms with Crippen LogP contribution in [0.1, 0.15) is 23.4 Å². The fraction of sp³-hybridized carbons (Fsp3) is 0.308. The first kappa shape index (κ1) is 13.9. The van der Waals surface area contributed by atoms with Crippen LogP contribution in [0.4, 0.5) is 8.78 Å². The normalized spacial score (nSPS) is 12.6. The molecule has 19 heavy (non-hydrogen) atoms. The first-order valence-corrected chi connectivity index (χ1v) is 6.69. The Hall–Kier alpha value is -1.53. The van der Waals surface area contributed by atoms with E-state index in [4.69, 9.17) is 0 Å². The molecule has 1 N–H and O–H groups in total. The molecule has 3 nitrogen and oxygen atoms in total. The van der Waals surface area contributed by atoms with Gasteiger partial charge in [0.25, 0.3) is 0 Å². The van der Waals surface area contributed by atoms with Crippen molar-refractivity contribution >= 4 is 11.3 Å². The molecule has 1 aromatic carbocycles. The minimum atomic E-state index is -2.81. The largest absolute Gasteiger partial charge is 0.434 e. The highest BCUT2D eigenvalue weighted by atomic mass is 32.1. The lowest BCUT2D eigenvalue weighted by atomic mass is 10.2. The van der Waals surface area contributed by atoms with E-state index in [1.165, 1.54) is 0 Å². The van der Waals surface area contributed by atoms with E-state index in [1.807, 2.05) is 6.92 Å². The van der Waals surface area contributed by atoms with Gasteiger partial charge in [-0.1, -0.05) is 18.2 Å². The molecule has 0 radical (unpaired) electrons. The number of halogens is 2. The maximum Gasteiger partial charge on any atom is 0.387 e. The number of nitrogens with zero attached hydrogens (tertiary/aromatic N) is 1. The molecule has 2 rings (SSSR count). The Morgan fingerprint density at radius 2 is 2.16 bits per heavy atom. The van der Waals surface area contributed by atoms with Crippen molar-refractivity contribution in [1.82, 2.24) is 10.3 Å². The van der Waals surface area contributed by atoms with Gasteiger partial charge in [-0.2, -0.15) is 8.78 Å². The average Bonchev–Trinajstić information content (AvgIpc) is 2.90. The van der Waals surface area contributed by atoms with Crippen LogP contribution in [0.15, 0.2) is 36.0 Å². The van der Waals surface area contributed by atoms with Gasteiger partial charge in [0.1, 0.15) is 5.75 Å². The van der Waals surface area contributed by atoms with Crippen molar-refractivity contribution in [3.63, 3.8) is 0 Å². The number of ether oxygens (including phenoxy) is 1. The van der Waals surface area contributed by atoms with E-state index < -0.39 is 6.61 Å². The monoisotopic (exact) mass is 284 g/mol. The van der Waals surface area contributed by atoms with Gasteiger partial charge in [0.2, 0.25) is 0 Å². The summed E-state index contributed by atoms with van der Waals surface area (Å²) < 4.78 is 29.0. The summed E-state index contributed by atoms with van der Waals surface area (Å²) in [5, 5.41) is 3.26. The third-order valence-electron chi connectivity index (χ3n) is 2.67. The highest BCUT2D eigenvalue weighted by Gasteiger charge is 2.11. The van der Waals surface area contributed by atoms with Crippen molar-refractivity contribution in [1.29, 1.82) is 0 Å². The van der Waals surface area contributed by atoms with E-state index in [2.05, 4.69) is 15.0 Å². The van der Waals surface area contributed by atoms with Crippen molar-refractivity contribution in [2.75, 3.05) is 0 Å². The summed E-state index contributed by atoms with van der Waals surface area (Å²) in [5.74, 6) is 0.210. The van der Waals surface area contributed by atoms with Crippen LogP contribution < -0.4 is 10.1 Å². The van der Waals surface area contributed by atoms with Gasteiger partial charge in [0.05, 0.1) is 5.51 Å². The van der Waals surface area contributed by atoms with Crippen LogP contribution in [0.25, 0.3) is 0 Å². The van der Waals surface area contributed by atoms with Crippen LogP contribution in [0, 0.1) is 0 Å². The Labute approximate surface area is 114 Å². The van der Waals surface area contributed by atoms with Crippen LogP contribution in [-0.4, -0.2) is 11.6 Å². The molecule has 0 aliphatic rings. The Morgan fingerprint density at radius 3 is 2.84 bits per heavy atom. The molecule has 0 aliphatic carbocycles. The topological polar surface area (TPSA) is 34.1 Å². The van der Waals surface area contributed by atoms with E-state index in [0.29, 0.717) is 12.1 Å². The van der Waals surface area contributed by atoms with Gasteiger partial charge in [-0.25, -0.2) is 0 Å². The molecule has 0 bridgehead atoms. The van der Waals surface area contributed by atoms with E-state index in [1.54, 1.807) is 47.3 Å². The first-order valence-electron chi connectivity index (χ1n) is 5.81. The molecule has 1 unspecified atom stereocenters. The molecule has 2 aromatic rings. The molecule has 1 heterocycles. The summed E-state index contributed by atoms with van der Waals surface area (Å²) in [5.41, 5.74) is 2.47. The zero-order valence-electron chi connectivity index (χ0n) is 10.3. The summed E-state index contributed by atoms with van der Waals surface area (Å²) in [6, 6.07) is 6.90. The lowest BCUT2D eigenvalue weighted by Crippen LogP contribution is -2.18. The number of thiazole rings is 1. The summed E-state index contributed by atoms with van der Waals surface area (Å²) in [6.45, 7) is -0.341. The number of hydrogen-bond acceptors (Lipinski definition) is 4. The predicted octanol–water partition coefficient (Wildman–Crippen LogP) is 3.60. The Bertz CT molecular complexity index is 505. The highest BCUT2D eigenvalue weighted by Crippen LogP contribution is 2.22. The maximum absolute atomic E-state index is 12.3. The Morgan fingerprint density at radius 1 is 1.37 bits per heavy atom. The molecule has 0 aliphatic heterocycles. The molecule has 1 atom stereocenters. The minimum absolute atomic E-state index is 0.118. The summed E-state index contributed by atoms with van der Waals surface area (Å²) in [4.78, 5) is 5.11. The summed E-state index contributed by atoms with van der Waals surface area (Å²) in [7, 11) is 0. The Kier molecular flexibility index (Phi) is 4.81. The average molecular weight is 284 g/mol. The van der Waals surface area contributed by atoms with Gasteiger partial charge in [-0.05, 0) is 13.0 Å². The SMILES string of the molecule is CC(NCc1ccccc1OC(F)F)c1cncs1. The molecular weight excluding hydrogens is 270 g/mol. The molecule has 0 saturated heterocycles. The summed E-state index contributed by atoms with van der Waals surface area (Å²) >= 11 is 1.56. The minimum Gasteiger partial charge on any atom is -0.434 e. The number of para-hydroxylation sites is 1. The van der Waals surface area contributed by atoms with Crippen molar-refractivity contribution in [3.05, 3.63) is 46.4 Å². The standard InChI is InChI=1S/C13H14F2N2OS/c1-9(12-7-16-8-19-12)17-6-10-4-2-3-5-11(10)18-13(14)15/h2-5,7-9,13,17H,6H2,1H3. The fourth-order valence-corrected chi connectivity index (χ4v) is 2.32. The van der Waals surface area contributed by atoms with Crippen LogP contribution >= 0.6 is 11.3 Å². The lowest BCUT2D eigenvalue weighted by Gasteiger charge is -2.14. The number of benzene rings is 1. The van der Waals surface area contributed by atoms with E-state index in [-0.39, 0.29) is 11.8 Å². The van der Waals surface area contributed by atoms with Crippen LogP contribution in [-0.2, 0) is 6.54 Å². The van der Waals surface area contributed by atoms with Gasteiger partial charge in [0.15, 0.2) is 0 Å². The van der Waals surface area contributed by atoms with Gasteiger partial charge < -0.3 is 10.1 Å². The zero-order valence-corrected chi connectivity index (χ0v) is 11.2. The first-order chi connectivity index (χ1) is 9.16. The molecule has 6 heteroatoms. The van der Waals surface area contributed by atoms with Crippen LogP contribution in [0.5, 0.6) is 5.75 Å². The van der Waals surface area contributed by atoms with E-state index in [9.17, 15) is 8.78 Å². The Balaban J connectivity index is 1.99. The third kappa shape index (κ3) is 3.97. The zero-order chi connectivity index (χ0) is 13.7. The van der Waals surface area contributed by atoms with Crippen LogP contribution in [0.2, 0.25) is 0 Å². The van der Waals surface area contributed by atoms with Crippen molar-refractivity contribution in [2.24, 2.45) is 0 Å². The molecule has 0 amide bonds. The molecule has 0 fully saturated rings. The van der Waals surface area contributed by atoms with Crippen molar-refractivity contribution in [3.8, 4) is 5.75 Å². The number of nitrogens with one attached hydrogen (secondary N) is 1. The molecule has 0 saturated carbocycles. The maximum atomic E-state index is 12.3. The molecule has 0 spiro atoms. The smallest absolute Gasteiger partial charge is 0.387 e. The number of alkyl halides is 2. The fourth-order valence-electron chi connectivity index (χ4n) is 1.66. The quantitative estimate of drug-likeness (QED) is 0.880. The van der Waals surface area contributed by atoms with Gasteiger partial charge in [-0.3, -0.25) is 4.98 Å².